The first-order chi connectivity index (χ1) is 12.8. The number of methoxy groups -OCH3 is 1. The molecule has 0 radical (unpaired) electrons. The zero-order chi connectivity index (χ0) is 21.4. The molecule has 2 rings (SSSR count). The average Bonchev–Trinajstić information content (AvgIpc) is 2.91. The van der Waals surface area contributed by atoms with Crippen LogP contribution in [0.2, 0.25) is 10.0 Å². The smallest absolute Gasteiger partial charge is 0.436 e. The molecule has 1 aromatic heterocycles. The number of halogens is 8. The Morgan fingerprint density at radius 3 is 2.11 bits per heavy atom. The molecule has 1 N–H and O–H groups in total. The number of hydrogen-bond acceptors (Lipinski definition) is 4. The number of aromatic nitrogens is 2. The third kappa shape index (κ3) is 4.10. The van der Waals surface area contributed by atoms with Crippen molar-refractivity contribution in [2.24, 2.45) is 0 Å². The van der Waals surface area contributed by atoms with Crippen LogP contribution in [0.3, 0.4) is 0 Å². The van der Waals surface area contributed by atoms with Crippen LogP contribution < -0.4 is 5.32 Å². The fourth-order valence-electron chi connectivity index (χ4n) is 2.08. The molecular formula is C14H6Cl2F6N4O2. The minimum Gasteiger partial charge on any atom is -0.453 e. The molecule has 150 valence electrons. The summed E-state index contributed by atoms with van der Waals surface area (Å²) in [7, 11) is 0.894. The molecular weight excluding hydrogens is 441 g/mol. The Balaban J connectivity index is 2.84. The minimum absolute atomic E-state index is 0.309. The topological polar surface area (TPSA) is 79.9 Å². The number of hydrogen-bond donors (Lipinski definition) is 1. The van der Waals surface area contributed by atoms with Crippen molar-refractivity contribution in [3.05, 3.63) is 39.0 Å². The first-order valence-electron chi connectivity index (χ1n) is 6.83. The van der Waals surface area contributed by atoms with Crippen LogP contribution in [0.5, 0.6) is 0 Å². The normalized spacial score (nSPS) is 11.9. The van der Waals surface area contributed by atoms with Gasteiger partial charge in [-0.1, -0.05) is 23.2 Å². The number of nitrogens with zero attached hydrogens (tertiary/aromatic N) is 3. The number of nitriles is 1. The fourth-order valence-corrected chi connectivity index (χ4v) is 2.73. The van der Waals surface area contributed by atoms with Crippen LogP contribution in [-0.4, -0.2) is 23.0 Å². The number of nitrogens with one attached hydrogen (secondary N) is 1. The summed E-state index contributed by atoms with van der Waals surface area (Å²) in [6.07, 6.45) is -11.2. The molecule has 28 heavy (non-hydrogen) atoms. The van der Waals surface area contributed by atoms with Crippen LogP contribution in [0.25, 0.3) is 5.69 Å². The highest BCUT2D eigenvalue weighted by atomic mass is 35.5. The number of rotatable bonds is 2. The van der Waals surface area contributed by atoms with Crippen LogP contribution in [0, 0.1) is 11.3 Å². The second-order valence-electron chi connectivity index (χ2n) is 5.00. The van der Waals surface area contributed by atoms with Crippen molar-refractivity contribution in [2.75, 3.05) is 12.4 Å². The lowest BCUT2D eigenvalue weighted by Gasteiger charge is -2.14. The summed E-state index contributed by atoms with van der Waals surface area (Å²) in [6, 6.07) is 2.04. The van der Waals surface area contributed by atoms with Gasteiger partial charge in [0.1, 0.15) is 17.3 Å². The minimum atomic E-state index is -5.13. The van der Waals surface area contributed by atoms with Gasteiger partial charge in [-0.05, 0) is 12.1 Å². The van der Waals surface area contributed by atoms with Gasteiger partial charge in [-0.2, -0.15) is 36.7 Å². The number of carbonyl (C=O) groups is 1. The lowest BCUT2D eigenvalue weighted by atomic mass is 10.2. The average molecular weight is 447 g/mol. The van der Waals surface area contributed by atoms with Crippen LogP contribution >= 0.6 is 23.2 Å². The second-order valence-corrected chi connectivity index (χ2v) is 5.81. The Bertz CT molecular complexity index is 955. The summed E-state index contributed by atoms with van der Waals surface area (Å²) >= 11 is 11.6. The van der Waals surface area contributed by atoms with E-state index in [4.69, 9.17) is 28.5 Å². The number of ether oxygens (including phenoxy) is 1. The molecule has 0 aliphatic carbocycles. The van der Waals surface area contributed by atoms with E-state index in [0.29, 0.717) is 16.8 Å². The molecule has 1 heterocycles. The van der Waals surface area contributed by atoms with E-state index >= 15 is 0 Å². The summed E-state index contributed by atoms with van der Waals surface area (Å²) in [5, 5.41) is 12.7. The predicted octanol–water partition coefficient (Wildman–Crippen LogP) is 5.27. The fraction of sp³-hybridized carbons (Fsp3) is 0.214. The predicted molar refractivity (Wildman–Crippen MR) is 84.3 cm³/mol. The van der Waals surface area contributed by atoms with Crippen molar-refractivity contribution in [1.29, 1.82) is 5.26 Å². The maximum absolute atomic E-state index is 13.2. The second kappa shape index (κ2) is 7.40. The van der Waals surface area contributed by atoms with Crippen molar-refractivity contribution in [3.8, 4) is 11.8 Å². The van der Waals surface area contributed by atoms with Gasteiger partial charge in [0.15, 0.2) is 11.5 Å². The molecule has 0 aliphatic rings. The molecule has 0 spiro atoms. The van der Waals surface area contributed by atoms with E-state index in [1.54, 1.807) is 0 Å². The molecule has 6 nitrogen and oxygen atoms in total. The molecule has 0 unspecified atom stereocenters. The number of amides is 1. The number of benzene rings is 1. The molecule has 2 aromatic rings. The standard InChI is InChI=1S/C14H6Cl2F6N4O2/c1-28-12(27)24-11-6(4-23)10(14(20,21)22)25-26(11)9-7(15)2-5(3-8(9)16)13(17,18)19/h2-3H,1H3,(H,24,27). The first kappa shape index (κ1) is 21.6. The van der Waals surface area contributed by atoms with Gasteiger partial charge in [0, 0.05) is 0 Å². The van der Waals surface area contributed by atoms with Crippen LogP contribution in [0.4, 0.5) is 37.0 Å². The third-order valence-corrected chi connectivity index (χ3v) is 3.80. The Kier molecular flexibility index (Phi) is 5.72. The highest BCUT2D eigenvalue weighted by Crippen LogP contribution is 2.41. The van der Waals surface area contributed by atoms with Crippen molar-refractivity contribution >= 4 is 35.1 Å². The molecule has 0 fully saturated rings. The maximum Gasteiger partial charge on any atom is 0.436 e. The van der Waals surface area contributed by atoms with Crippen molar-refractivity contribution in [2.45, 2.75) is 12.4 Å². The molecule has 0 bridgehead atoms. The van der Waals surface area contributed by atoms with Crippen molar-refractivity contribution in [1.82, 2.24) is 9.78 Å². The monoisotopic (exact) mass is 446 g/mol. The number of anilines is 1. The van der Waals surface area contributed by atoms with Gasteiger partial charge in [0.25, 0.3) is 0 Å². The van der Waals surface area contributed by atoms with E-state index in [2.05, 4.69) is 9.84 Å². The van der Waals surface area contributed by atoms with Crippen molar-refractivity contribution in [3.63, 3.8) is 0 Å². The Morgan fingerprint density at radius 1 is 1.18 bits per heavy atom. The molecule has 14 heteroatoms. The van der Waals surface area contributed by atoms with E-state index in [-0.39, 0.29) is 0 Å². The van der Waals surface area contributed by atoms with E-state index in [1.165, 1.54) is 6.07 Å². The van der Waals surface area contributed by atoms with E-state index in [9.17, 15) is 31.1 Å². The lowest BCUT2D eigenvalue weighted by molar-refractivity contribution is -0.141. The van der Waals surface area contributed by atoms with E-state index in [0.717, 1.165) is 7.11 Å². The Hall–Kier alpha value is -2.65. The third-order valence-electron chi connectivity index (χ3n) is 3.23. The SMILES string of the molecule is COC(=O)Nc1c(C#N)c(C(F)(F)F)nn1-c1c(Cl)cc(C(F)(F)F)cc1Cl. The van der Waals surface area contributed by atoms with Crippen LogP contribution in [0.15, 0.2) is 12.1 Å². The van der Waals surface area contributed by atoms with Crippen molar-refractivity contribution < 1.29 is 35.9 Å². The van der Waals surface area contributed by atoms with Gasteiger partial charge in [0.05, 0.1) is 22.7 Å². The Labute approximate surface area is 162 Å². The maximum atomic E-state index is 13.2. The van der Waals surface area contributed by atoms with Gasteiger partial charge < -0.3 is 4.74 Å². The summed E-state index contributed by atoms with van der Waals surface area (Å²) in [4.78, 5) is 11.5. The molecule has 0 aliphatic heterocycles. The lowest BCUT2D eigenvalue weighted by Crippen LogP contribution is -2.16. The zero-order valence-corrected chi connectivity index (χ0v) is 14.8. The van der Waals surface area contributed by atoms with Gasteiger partial charge in [0.2, 0.25) is 0 Å². The number of alkyl halides is 6. The van der Waals surface area contributed by atoms with Gasteiger partial charge in [-0.25, -0.2) is 9.48 Å². The molecule has 1 amide bonds. The van der Waals surface area contributed by atoms with Gasteiger partial charge in [-0.15, -0.1) is 0 Å². The van der Waals surface area contributed by atoms with Gasteiger partial charge in [-0.3, -0.25) is 5.32 Å². The summed E-state index contributed by atoms with van der Waals surface area (Å²) in [5.74, 6) is -0.842. The quantitative estimate of drug-likeness (QED) is 0.637. The first-order valence-corrected chi connectivity index (χ1v) is 7.58. The zero-order valence-electron chi connectivity index (χ0n) is 13.3. The summed E-state index contributed by atoms with van der Waals surface area (Å²) in [5.41, 5.74) is -4.72. The number of carbonyl (C=O) groups excluding carboxylic acids is 1. The molecule has 0 saturated heterocycles. The van der Waals surface area contributed by atoms with Crippen LogP contribution in [-0.2, 0) is 17.1 Å². The van der Waals surface area contributed by atoms with E-state index in [1.807, 2.05) is 5.32 Å². The molecule has 0 atom stereocenters. The molecule has 0 saturated carbocycles. The van der Waals surface area contributed by atoms with Gasteiger partial charge >= 0.3 is 18.4 Å². The highest BCUT2D eigenvalue weighted by Gasteiger charge is 2.41. The molecule has 1 aromatic carbocycles. The highest BCUT2D eigenvalue weighted by molar-refractivity contribution is 6.38. The summed E-state index contributed by atoms with van der Waals surface area (Å²) in [6.45, 7) is 0. The summed E-state index contributed by atoms with van der Waals surface area (Å²) < 4.78 is 82.7. The van der Waals surface area contributed by atoms with E-state index < -0.39 is 56.8 Å². The Morgan fingerprint density at radius 2 is 1.71 bits per heavy atom. The van der Waals surface area contributed by atoms with Crippen LogP contribution in [0.1, 0.15) is 16.8 Å². The largest absolute Gasteiger partial charge is 0.453 e.